The zero-order valence-corrected chi connectivity index (χ0v) is 17.6. The standard InChI is InChI=1S/C24H25NO5/c1-14-12-29-23-17(22(14)26)9-10-19-20(23)21-18(13-28-19)24(2,3)30-25(21)11-15-5-7-16(27-4)8-6-15/h5-10,12,18,21H,11,13H2,1-4H3/t18-,21-/m0/s1. The Morgan fingerprint density at radius 1 is 1.17 bits per heavy atom. The van der Waals surface area contributed by atoms with Crippen LogP contribution in [0.3, 0.4) is 0 Å². The normalized spacial score (nSPS) is 22.4. The van der Waals surface area contributed by atoms with Crippen molar-refractivity contribution < 1.29 is 18.7 Å². The molecule has 0 bridgehead atoms. The van der Waals surface area contributed by atoms with Gasteiger partial charge in [0.25, 0.3) is 0 Å². The second kappa shape index (κ2) is 6.86. The van der Waals surface area contributed by atoms with Crippen LogP contribution in [0.2, 0.25) is 0 Å². The van der Waals surface area contributed by atoms with E-state index in [1.807, 2.05) is 35.4 Å². The summed E-state index contributed by atoms with van der Waals surface area (Å²) < 4.78 is 17.3. The summed E-state index contributed by atoms with van der Waals surface area (Å²) in [5, 5.41) is 2.58. The molecule has 0 spiro atoms. The number of fused-ring (bicyclic) bond motifs is 5. The van der Waals surface area contributed by atoms with Gasteiger partial charge in [0.1, 0.15) is 17.1 Å². The van der Waals surface area contributed by atoms with E-state index in [4.69, 9.17) is 18.7 Å². The molecule has 0 N–H and O–H groups in total. The van der Waals surface area contributed by atoms with E-state index >= 15 is 0 Å². The SMILES string of the molecule is COc1ccc(CN2OC(C)(C)[C@H]3COc4ccc5c(=O)c(C)coc5c4[C@H]32)cc1. The molecule has 0 radical (unpaired) electrons. The average Bonchev–Trinajstić information content (AvgIpc) is 3.00. The van der Waals surface area contributed by atoms with Gasteiger partial charge in [-0.05, 0) is 50.6 Å². The summed E-state index contributed by atoms with van der Waals surface area (Å²) in [5.74, 6) is 1.66. The Morgan fingerprint density at radius 3 is 2.67 bits per heavy atom. The molecule has 0 aliphatic carbocycles. The average molecular weight is 407 g/mol. The largest absolute Gasteiger partial charge is 0.497 e. The number of rotatable bonds is 3. The van der Waals surface area contributed by atoms with Crippen LogP contribution >= 0.6 is 0 Å². The lowest BCUT2D eigenvalue weighted by molar-refractivity contribution is -0.201. The van der Waals surface area contributed by atoms with Gasteiger partial charge >= 0.3 is 0 Å². The molecule has 6 heteroatoms. The number of hydrogen-bond acceptors (Lipinski definition) is 6. The van der Waals surface area contributed by atoms with Gasteiger partial charge in [-0.25, -0.2) is 0 Å². The third-order valence-electron chi connectivity index (χ3n) is 6.26. The zero-order chi connectivity index (χ0) is 21.0. The van der Waals surface area contributed by atoms with E-state index in [0.717, 1.165) is 22.6 Å². The van der Waals surface area contributed by atoms with Gasteiger partial charge < -0.3 is 13.9 Å². The summed E-state index contributed by atoms with van der Waals surface area (Å²) in [7, 11) is 1.66. The number of hydrogen-bond donors (Lipinski definition) is 0. The van der Waals surface area contributed by atoms with Crippen molar-refractivity contribution in [2.45, 2.75) is 39.0 Å². The number of aryl methyl sites for hydroxylation is 1. The minimum absolute atomic E-state index is 0.0129. The second-order valence-electron chi connectivity index (χ2n) is 8.58. The predicted molar refractivity (Wildman–Crippen MR) is 113 cm³/mol. The van der Waals surface area contributed by atoms with Crippen LogP contribution in [0.5, 0.6) is 11.5 Å². The van der Waals surface area contributed by atoms with E-state index < -0.39 is 5.60 Å². The van der Waals surface area contributed by atoms with Gasteiger partial charge in [0, 0.05) is 18.0 Å². The van der Waals surface area contributed by atoms with Gasteiger partial charge in [0.2, 0.25) is 0 Å². The highest BCUT2D eigenvalue weighted by Crippen LogP contribution is 2.52. The van der Waals surface area contributed by atoms with E-state index in [9.17, 15) is 4.79 Å². The van der Waals surface area contributed by atoms with Crippen LogP contribution in [0.25, 0.3) is 11.0 Å². The van der Waals surface area contributed by atoms with Crippen molar-refractivity contribution in [3.63, 3.8) is 0 Å². The molecular weight excluding hydrogens is 382 g/mol. The number of ether oxygens (including phenoxy) is 2. The summed E-state index contributed by atoms with van der Waals surface area (Å²) in [6.07, 6.45) is 1.53. The molecule has 0 unspecified atom stereocenters. The third kappa shape index (κ3) is 2.90. The Balaban J connectivity index is 1.62. The molecule has 156 valence electrons. The van der Waals surface area contributed by atoms with Crippen molar-refractivity contribution in [3.8, 4) is 11.5 Å². The van der Waals surface area contributed by atoms with Crippen molar-refractivity contribution >= 4 is 11.0 Å². The van der Waals surface area contributed by atoms with Crippen molar-refractivity contribution in [1.82, 2.24) is 5.06 Å². The Kier molecular flexibility index (Phi) is 4.38. The molecule has 0 amide bonds. The molecule has 2 aliphatic heterocycles. The number of methoxy groups -OCH3 is 1. The molecule has 0 saturated carbocycles. The quantitative estimate of drug-likeness (QED) is 0.642. The second-order valence-corrected chi connectivity index (χ2v) is 8.58. The Hall–Kier alpha value is -2.83. The van der Waals surface area contributed by atoms with Gasteiger partial charge in [0.15, 0.2) is 5.43 Å². The first kappa shape index (κ1) is 19.2. The lowest BCUT2D eigenvalue weighted by Gasteiger charge is -2.33. The maximum absolute atomic E-state index is 12.7. The molecule has 1 fully saturated rings. The smallest absolute Gasteiger partial charge is 0.195 e. The Morgan fingerprint density at radius 2 is 1.93 bits per heavy atom. The van der Waals surface area contributed by atoms with Crippen LogP contribution in [0.4, 0.5) is 0 Å². The highest BCUT2D eigenvalue weighted by atomic mass is 16.7. The first-order chi connectivity index (χ1) is 14.4. The van der Waals surface area contributed by atoms with E-state index in [2.05, 4.69) is 13.8 Å². The van der Waals surface area contributed by atoms with Crippen LogP contribution in [0.15, 0.2) is 51.9 Å². The fraction of sp³-hybridized carbons (Fsp3) is 0.375. The van der Waals surface area contributed by atoms with Crippen molar-refractivity contribution in [1.29, 1.82) is 0 Å². The van der Waals surface area contributed by atoms with Crippen LogP contribution in [0.1, 0.15) is 36.6 Å². The molecule has 2 aromatic carbocycles. The summed E-state index contributed by atoms with van der Waals surface area (Å²) in [6, 6.07) is 11.6. The molecular formula is C24H25NO5. The van der Waals surface area contributed by atoms with Gasteiger partial charge in [-0.15, -0.1) is 0 Å². The predicted octanol–water partition coefficient (Wildman–Crippen LogP) is 4.39. The van der Waals surface area contributed by atoms with Gasteiger partial charge in [-0.3, -0.25) is 9.63 Å². The van der Waals surface area contributed by atoms with Gasteiger partial charge in [-0.1, -0.05) is 12.1 Å². The monoisotopic (exact) mass is 407 g/mol. The zero-order valence-electron chi connectivity index (χ0n) is 17.6. The fourth-order valence-corrected chi connectivity index (χ4v) is 4.57. The van der Waals surface area contributed by atoms with Gasteiger partial charge in [-0.2, -0.15) is 5.06 Å². The number of benzene rings is 2. The minimum Gasteiger partial charge on any atom is -0.497 e. The molecule has 3 aromatic rings. The number of hydroxylamine groups is 2. The third-order valence-corrected chi connectivity index (χ3v) is 6.26. The molecule has 1 saturated heterocycles. The van der Waals surface area contributed by atoms with Crippen molar-refractivity contribution in [2.75, 3.05) is 13.7 Å². The van der Waals surface area contributed by atoms with Gasteiger partial charge in [0.05, 0.1) is 42.6 Å². The van der Waals surface area contributed by atoms with E-state index in [-0.39, 0.29) is 17.4 Å². The Labute approximate surface area is 174 Å². The summed E-state index contributed by atoms with van der Waals surface area (Å²) in [4.78, 5) is 19.1. The molecule has 3 heterocycles. The molecule has 2 aliphatic rings. The minimum atomic E-state index is -0.415. The van der Waals surface area contributed by atoms with Crippen molar-refractivity contribution in [2.24, 2.45) is 5.92 Å². The van der Waals surface area contributed by atoms with Crippen LogP contribution in [0, 0.1) is 12.8 Å². The molecule has 6 nitrogen and oxygen atoms in total. The molecule has 1 aromatic heterocycles. The van der Waals surface area contributed by atoms with Crippen LogP contribution in [-0.2, 0) is 11.4 Å². The van der Waals surface area contributed by atoms with E-state index in [1.165, 1.54) is 6.26 Å². The van der Waals surface area contributed by atoms with Crippen molar-refractivity contribution in [3.05, 3.63) is 69.6 Å². The van der Waals surface area contributed by atoms with E-state index in [0.29, 0.717) is 29.7 Å². The fourth-order valence-electron chi connectivity index (χ4n) is 4.57. The van der Waals surface area contributed by atoms with E-state index in [1.54, 1.807) is 20.1 Å². The maximum Gasteiger partial charge on any atom is 0.195 e. The highest BCUT2D eigenvalue weighted by molar-refractivity contribution is 5.83. The molecule has 30 heavy (non-hydrogen) atoms. The maximum atomic E-state index is 12.7. The summed E-state index contributed by atoms with van der Waals surface area (Å²) >= 11 is 0. The van der Waals surface area contributed by atoms with Crippen LogP contribution in [-0.4, -0.2) is 24.4 Å². The molecule has 5 rings (SSSR count). The Bertz CT molecular complexity index is 1160. The summed E-state index contributed by atoms with van der Waals surface area (Å²) in [5.41, 5.74) is 2.74. The summed E-state index contributed by atoms with van der Waals surface area (Å²) in [6.45, 7) is 7.07. The van der Waals surface area contributed by atoms with Crippen LogP contribution < -0.4 is 14.9 Å². The number of nitrogens with zero attached hydrogens (tertiary/aromatic N) is 1. The lowest BCUT2D eigenvalue weighted by atomic mass is 9.80. The lowest BCUT2D eigenvalue weighted by Crippen LogP contribution is -2.36. The topological polar surface area (TPSA) is 61.1 Å². The first-order valence-electron chi connectivity index (χ1n) is 10.2. The first-order valence-corrected chi connectivity index (χ1v) is 10.2. The highest BCUT2D eigenvalue weighted by Gasteiger charge is 2.53. The molecule has 2 atom stereocenters.